The summed E-state index contributed by atoms with van der Waals surface area (Å²) in [6.45, 7) is 4.11. The predicted molar refractivity (Wildman–Crippen MR) is 79.6 cm³/mol. The van der Waals surface area contributed by atoms with Gasteiger partial charge in [0.2, 0.25) is 0 Å². The largest absolute Gasteiger partial charge is 0.478 e. The summed E-state index contributed by atoms with van der Waals surface area (Å²) in [7, 11) is 0. The first-order valence-electron chi connectivity index (χ1n) is 7.28. The van der Waals surface area contributed by atoms with Crippen molar-refractivity contribution >= 4 is 17.6 Å². The molecule has 1 aliphatic rings. The van der Waals surface area contributed by atoms with Crippen molar-refractivity contribution in [1.29, 1.82) is 0 Å². The van der Waals surface area contributed by atoms with Crippen LogP contribution < -0.4 is 5.32 Å². The lowest BCUT2D eigenvalue weighted by atomic mass is 10.0. The minimum Gasteiger partial charge on any atom is -0.478 e. The quantitative estimate of drug-likeness (QED) is 0.874. The van der Waals surface area contributed by atoms with Crippen molar-refractivity contribution in [3.05, 3.63) is 29.3 Å². The molecule has 0 aliphatic heterocycles. The molecule has 1 fully saturated rings. The number of hydrogen-bond donors (Lipinski definition) is 2. The summed E-state index contributed by atoms with van der Waals surface area (Å²) < 4.78 is 5.71. The second-order valence-electron chi connectivity index (χ2n) is 5.42. The summed E-state index contributed by atoms with van der Waals surface area (Å²) in [6.07, 6.45) is 3.45. The van der Waals surface area contributed by atoms with Gasteiger partial charge in [0.05, 0.1) is 5.56 Å². The number of rotatable bonds is 5. The maximum absolute atomic E-state index is 12.5. The fourth-order valence-corrected chi connectivity index (χ4v) is 2.89. The number of hydrogen-bond acceptors (Lipinski definition) is 3. The number of ether oxygens (including phenoxy) is 1. The zero-order valence-corrected chi connectivity index (χ0v) is 12.4. The fraction of sp³-hybridized carbons (Fsp3) is 0.500. The molecule has 0 saturated heterocycles. The lowest BCUT2D eigenvalue weighted by Gasteiger charge is -2.27. The number of aromatic carboxylic acids is 1. The van der Waals surface area contributed by atoms with Gasteiger partial charge in [0.15, 0.2) is 0 Å². The van der Waals surface area contributed by atoms with Crippen molar-refractivity contribution in [2.45, 2.75) is 45.1 Å². The molecule has 2 N–H and O–H groups in total. The van der Waals surface area contributed by atoms with Crippen molar-refractivity contribution in [2.75, 3.05) is 11.9 Å². The molecule has 0 atom stereocenters. The van der Waals surface area contributed by atoms with Gasteiger partial charge in [0.25, 0.3) is 5.91 Å². The molecule has 0 heterocycles. The number of carbonyl (C=O) groups excluding carboxylic acids is 1. The summed E-state index contributed by atoms with van der Waals surface area (Å²) in [5.41, 5.74) is 0.743. The smallest absolute Gasteiger partial charge is 0.335 e. The molecule has 0 radical (unpaired) electrons. The third-order valence-electron chi connectivity index (χ3n) is 3.96. The van der Waals surface area contributed by atoms with Gasteiger partial charge >= 0.3 is 5.97 Å². The fourth-order valence-electron chi connectivity index (χ4n) is 2.89. The van der Waals surface area contributed by atoms with Crippen molar-refractivity contribution < 1.29 is 19.4 Å². The highest BCUT2D eigenvalue weighted by atomic mass is 16.5. The van der Waals surface area contributed by atoms with E-state index in [1.54, 1.807) is 19.1 Å². The lowest BCUT2D eigenvalue weighted by Crippen LogP contribution is -2.43. The molecule has 0 unspecified atom stereocenters. The van der Waals surface area contributed by atoms with Crippen molar-refractivity contribution in [3.8, 4) is 0 Å². The number of carbonyl (C=O) groups is 2. The van der Waals surface area contributed by atoms with Crippen LogP contribution in [0.2, 0.25) is 0 Å². The van der Waals surface area contributed by atoms with Crippen LogP contribution in [0.5, 0.6) is 0 Å². The molecule has 5 heteroatoms. The first-order valence-corrected chi connectivity index (χ1v) is 7.28. The lowest BCUT2D eigenvalue weighted by molar-refractivity contribution is -0.140. The van der Waals surface area contributed by atoms with Gasteiger partial charge in [-0.25, -0.2) is 4.79 Å². The van der Waals surface area contributed by atoms with Crippen LogP contribution in [0.3, 0.4) is 0 Å². The van der Waals surface area contributed by atoms with Gasteiger partial charge in [-0.2, -0.15) is 0 Å². The zero-order chi connectivity index (χ0) is 15.5. The Kier molecular flexibility index (Phi) is 4.63. The third-order valence-corrected chi connectivity index (χ3v) is 3.96. The molecule has 0 bridgehead atoms. The van der Waals surface area contributed by atoms with Gasteiger partial charge in [-0.1, -0.05) is 0 Å². The van der Waals surface area contributed by atoms with Crippen LogP contribution in [0.15, 0.2) is 18.2 Å². The molecule has 5 nitrogen and oxygen atoms in total. The van der Waals surface area contributed by atoms with Crippen molar-refractivity contribution in [2.24, 2.45) is 0 Å². The third kappa shape index (κ3) is 3.24. The van der Waals surface area contributed by atoms with Crippen LogP contribution in [-0.2, 0) is 9.53 Å². The molecular formula is C16H21NO4. The van der Waals surface area contributed by atoms with E-state index in [-0.39, 0.29) is 11.5 Å². The average Bonchev–Trinajstić information content (AvgIpc) is 2.88. The van der Waals surface area contributed by atoms with E-state index in [4.69, 9.17) is 9.84 Å². The average molecular weight is 291 g/mol. The summed E-state index contributed by atoms with van der Waals surface area (Å²) in [6, 6.07) is 4.80. The highest BCUT2D eigenvalue weighted by Gasteiger charge is 2.41. The Hall–Kier alpha value is -1.88. The van der Waals surface area contributed by atoms with E-state index in [0.29, 0.717) is 17.9 Å². The molecule has 1 aromatic rings. The maximum Gasteiger partial charge on any atom is 0.335 e. The number of carboxylic acid groups (broad SMARTS) is 1. The SMILES string of the molecule is CCOC1(C(=O)Nc2ccc(C(=O)O)c(C)c2)CCCC1. The Balaban J connectivity index is 2.15. The molecule has 21 heavy (non-hydrogen) atoms. The highest BCUT2D eigenvalue weighted by Crippen LogP contribution is 2.34. The minimum atomic E-state index is -0.966. The van der Waals surface area contributed by atoms with E-state index >= 15 is 0 Å². The molecule has 0 spiro atoms. The van der Waals surface area contributed by atoms with Gasteiger partial charge in [-0.15, -0.1) is 0 Å². The molecule has 2 rings (SSSR count). The zero-order valence-electron chi connectivity index (χ0n) is 12.4. The predicted octanol–water partition coefficient (Wildman–Crippen LogP) is 2.98. The number of nitrogens with one attached hydrogen (secondary N) is 1. The number of carboxylic acids is 1. The van der Waals surface area contributed by atoms with E-state index in [0.717, 1.165) is 25.7 Å². The standard InChI is InChI=1S/C16H21NO4/c1-3-21-16(8-4-5-9-16)15(20)17-12-6-7-13(14(18)19)11(2)10-12/h6-7,10H,3-5,8-9H2,1-2H3,(H,17,20)(H,18,19). The Labute approximate surface area is 124 Å². The van der Waals surface area contributed by atoms with E-state index in [9.17, 15) is 9.59 Å². The topological polar surface area (TPSA) is 75.6 Å². The van der Waals surface area contributed by atoms with Gasteiger partial charge in [-0.3, -0.25) is 4.79 Å². The second kappa shape index (κ2) is 6.26. The highest BCUT2D eigenvalue weighted by molar-refractivity contribution is 5.98. The first-order chi connectivity index (χ1) is 9.98. The molecule has 1 aliphatic carbocycles. The Morgan fingerprint density at radius 3 is 2.52 bits per heavy atom. The number of benzene rings is 1. The van der Waals surface area contributed by atoms with Crippen LogP contribution in [0, 0.1) is 6.92 Å². The summed E-state index contributed by atoms with van der Waals surface area (Å²) in [5.74, 6) is -1.10. The summed E-state index contributed by atoms with van der Waals surface area (Å²) in [5, 5.41) is 11.9. The number of amides is 1. The van der Waals surface area contributed by atoms with Crippen molar-refractivity contribution in [3.63, 3.8) is 0 Å². The van der Waals surface area contributed by atoms with Crippen LogP contribution in [0.4, 0.5) is 5.69 Å². The molecule has 1 saturated carbocycles. The molecule has 0 aromatic heterocycles. The molecule has 114 valence electrons. The number of anilines is 1. The van der Waals surface area contributed by atoms with Crippen LogP contribution in [0.25, 0.3) is 0 Å². The first kappa shape index (κ1) is 15.5. The van der Waals surface area contributed by atoms with Crippen LogP contribution in [0.1, 0.15) is 48.5 Å². The Morgan fingerprint density at radius 2 is 2.00 bits per heavy atom. The minimum absolute atomic E-state index is 0.135. The van der Waals surface area contributed by atoms with Crippen LogP contribution in [-0.4, -0.2) is 29.2 Å². The van der Waals surface area contributed by atoms with Gasteiger partial charge in [-0.05, 0) is 63.3 Å². The second-order valence-corrected chi connectivity index (χ2v) is 5.42. The Morgan fingerprint density at radius 1 is 1.33 bits per heavy atom. The Bertz CT molecular complexity index is 547. The van der Waals surface area contributed by atoms with E-state index in [1.807, 2.05) is 6.92 Å². The monoisotopic (exact) mass is 291 g/mol. The van der Waals surface area contributed by atoms with Gasteiger partial charge < -0.3 is 15.2 Å². The summed E-state index contributed by atoms with van der Waals surface area (Å²) >= 11 is 0. The van der Waals surface area contributed by atoms with Crippen molar-refractivity contribution in [1.82, 2.24) is 0 Å². The molecular weight excluding hydrogens is 270 g/mol. The van der Waals surface area contributed by atoms with Gasteiger partial charge in [0.1, 0.15) is 5.60 Å². The van der Waals surface area contributed by atoms with Crippen LogP contribution >= 0.6 is 0 Å². The van der Waals surface area contributed by atoms with E-state index < -0.39 is 11.6 Å². The number of aryl methyl sites for hydroxylation is 1. The maximum atomic E-state index is 12.5. The normalized spacial score (nSPS) is 16.7. The van der Waals surface area contributed by atoms with Gasteiger partial charge in [0, 0.05) is 12.3 Å². The molecule has 1 amide bonds. The summed E-state index contributed by atoms with van der Waals surface area (Å²) in [4.78, 5) is 23.5. The van der Waals surface area contributed by atoms with E-state index in [2.05, 4.69) is 5.32 Å². The molecule has 1 aromatic carbocycles. The van der Waals surface area contributed by atoms with E-state index in [1.165, 1.54) is 6.07 Å².